The Morgan fingerprint density at radius 1 is 1.44 bits per heavy atom. The van der Waals surface area contributed by atoms with Crippen molar-refractivity contribution in [3.8, 4) is 0 Å². The third kappa shape index (κ3) is 3.52. The molecule has 1 fully saturated rings. The maximum atomic E-state index is 13.2. The zero-order valence-corrected chi connectivity index (χ0v) is 12.2. The highest BCUT2D eigenvalue weighted by Gasteiger charge is 2.31. The molecule has 1 aromatic rings. The van der Waals surface area contributed by atoms with E-state index in [-0.39, 0.29) is 29.3 Å². The predicted octanol–water partition coefficient (Wildman–Crippen LogP) is 1.89. The molecule has 18 heavy (non-hydrogen) atoms. The van der Waals surface area contributed by atoms with Crippen LogP contribution in [0.2, 0.25) is 0 Å². The monoisotopic (exact) mass is 335 g/mol. The fourth-order valence-electron chi connectivity index (χ4n) is 2.33. The number of sulfone groups is 1. The Kier molecular flexibility index (Phi) is 4.08. The van der Waals surface area contributed by atoms with Crippen LogP contribution in [-0.2, 0) is 16.3 Å². The Morgan fingerprint density at radius 3 is 2.72 bits per heavy atom. The Labute approximate surface area is 115 Å². The van der Waals surface area contributed by atoms with Crippen LogP contribution in [0.4, 0.5) is 4.39 Å². The van der Waals surface area contributed by atoms with Crippen LogP contribution in [0, 0.1) is 11.7 Å². The summed E-state index contributed by atoms with van der Waals surface area (Å²) in [6.45, 7) is 0. The molecule has 100 valence electrons. The number of hydrogen-bond acceptors (Lipinski definition) is 3. The number of rotatable bonds is 3. The Morgan fingerprint density at radius 2 is 2.17 bits per heavy atom. The lowest BCUT2D eigenvalue weighted by Crippen LogP contribution is -2.33. The van der Waals surface area contributed by atoms with Crippen molar-refractivity contribution in [2.75, 3.05) is 11.5 Å². The highest BCUT2D eigenvalue weighted by atomic mass is 79.9. The zero-order chi connectivity index (χ0) is 13.3. The van der Waals surface area contributed by atoms with Crippen LogP contribution in [0.5, 0.6) is 0 Å². The van der Waals surface area contributed by atoms with Gasteiger partial charge in [0, 0.05) is 10.5 Å². The molecule has 0 aliphatic carbocycles. The molecule has 3 nitrogen and oxygen atoms in total. The molecule has 1 heterocycles. The largest absolute Gasteiger partial charge is 0.327 e. The van der Waals surface area contributed by atoms with E-state index in [1.54, 1.807) is 0 Å². The van der Waals surface area contributed by atoms with Gasteiger partial charge in [-0.15, -0.1) is 0 Å². The van der Waals surface area contributed by atoms with Crippen molar-refractivity contribution < 1.29 is 12.8 Å². The molecule has 0 aromatic heterocycles. The molecule has 0 bridgehead atoms. The van der Waals surface area contributed by atoms with Crippen molar-refractivity contribution >= 4 is 25.8 Å². The molecule has 1 aliphatic rings. The van der Waals surface area contributed by atoms with E-state index in [1.807, 2.05) is 6.07 Å². The average Bonchev–Trinajstić information content (AvgIpc) is 2.57. The summed E-state index contributed by atoms with van der Waals surface area (Å²) in [5.41, 5.74) is 6.82. The van der Waals surface area contributed by atoms with Gasteiger partial charge in [0.2, 0.25) is 0 Å². The average molecular weight is 336 g/mol. The minimum absolute atomic E-state index is 0.0166. The van der Waals surface area contributed by atoms with Crippen molar-refractivity contribution in [3.63, 3.8) is 0 Å². The molecule has 2 rings (SSSR count). The Hall–Kier alpha value is -0.460. The zero-order valence-electron chi connectivity index (χ0n) is 9.77. The van der Waals surface area contributed by atoms with Crippen LogP contribution in [0.15, 0.2) is 22.7 Å². The maximum absolute atomic E-state index is 13.2. The van der Waals surface area contributed by atoms with Crippen LogP contribution >= 0.6 is 15.9 Å². The summed E-state index contributed by atoms with van der Waals surface area (Å²) in [4.78, 5) is 0. The first-order valence-corrected chi connectivity index (χ1v) is 8.38. The van der Waals surface area contributed by atoms with Crippen molar-refractivity contribution in [2.45, 2.75) is 18.9 Å². The molecule has 1 aliphatic heterocycles. The smallest absolute Gasteiger partial charge is 0.150 e. The van der Waals surface area contributed by atoms with Gasteiger partial charge in [-0.3, -0.25) is 0 Å². The van der Waals surface area contributed by atoms with Gasteiger partial charge in [-0.1, -0.05) is 15.9 Å². The first kappa shape index (κ1) is 14.0. The predicted molar refractivity (Wildman–Crippen MR) is 72.5 cm³/mol. The van der Waals surface area contributed by atoms with Gasteiger partial charge >= 0.3 is 0 Å². The first-order valence-electron chi connectivity index (χ1n) is 5.77. The van der Waals surface area contributed by atoms with E-state index in [0.717, 1.165) is 5.56 Å². The van der Waals surface area contributed by atoms with Gasteiger partial charge in [0.15, 0.2) is 9.84 Å². The highest BCUT2D eigenvalue weighted by molar-refractivity contribution is 9.10. The second kappa shape index (κ2) is 5.27. The lowest BCUT2D eigenvalue weighted by molar-refractivity contribution is 0.460. The Bertz CT molecular complexity index is 527. The van der Waals surface area contributed by atoms with Crippen molar-refractivity contribution in [1.82, 2.24) is 0 Å². The molecule has 0 radical (unpaired) electrons. The normalized spacial score (nSPS) is 24.1. The van der Waals surface area contributed by atoms with E-state index in [1.165, 1.54) is 12.1 Å². The molecular weight excluding hydrogens is 321 g/mol. The van der Waals surface area contributed by atoms with Crippen molar-refractivity contribution in [2.24, 2.45) is 11.7 Å². The minimum Gasteiger partial charge on any atom is -0.327 e. The van der Waals surface area contributed by atoms with Crippen LogP contribution in [0.25, 0.3) is 0 Å². The van der Waals surface area contributed by atoms with Gasteiger partial charge in [0.05, 0.1) is 11.5 Å². The summed E-state index contributed by atoms with van der Waals surface area (Å²) >= 11 is 3.23. The SMILES string of the molecule is NC(Cc1cc(F)cc(Br)c1)C1CCS(=O)(=O)C1. The summed E-state index contributed by atoms with van der Waals surface area (Å²) in [6.07, 6.45) is 1.11. The molecule has 0 spiro atoms. The molecule has 1 saturated heterocycles. The summed E-state index contributed by atoms with van der Waals surface area (Å²) < 4.78 is 36.6. The van der Waals surface area contributed by atoms with Crippen LogP contribution in [0.1, 0.15) is 12.0 Å². The lowest BCUT2D eigenvalue weighted by atomic mass is 9.94. The molecule has 2 N–H and O–H groups in total. The molecule has 2 atom stereocenters. The third-order valence-corrected chi connectivity index (χ3v) is 5.52. The third-order valence-electron chi connectivity index (χ3n) is 3.27. The minimum atomic E-state index is -2.91. The first-order chi connectivity index (χ1) is 8.35. The number of hydrogen-bond donors (Lipinski definition) is 1. The van der Waals surface area contributed by atoms with E-state index in [2.05, 4.69) is 15.9 Å². The van der Waals surface area contributed by atoms with Gasteiger partial charge in [-0.2, -0.15) is 0 Å². The second-order valence-corrected chi connectivity index (χ2v) is 7.95. The van der Waals surface area contributed by atoms with Crippen molar-refractivity contribution in [3.05, 3.63) is 34.1 Å². The van der Waals surface area contributed by atoms with Gasteiger partial charge in [0.1, 0.15) is 5.82 Å². The summed E-state index contributed by atoms with van der Waals surface area (Å²) in [6, 6.07) is 4.39. The van der Waals surface area contributed by atoms with Gasteiger partial charge < -0.3 is 5.73 Å². The standard InChI is InChI=1S/C12H15BrFNO2S/c13-10-3-8(4-11(14)6-10)5-12(15)9-1-2-18(16,17)7-9/h3-4,6,9,12H,1-2,5,7,15H2. The fourth-order valence-corrected chi connectivity index (χ4v) is 4.74. The van der Waals surface area contributed by atoms with E-state index in [4.69, 9.17) is 5.73 Å². The van der Waals surface area contributed by atoms with Gasteiger partial charge in [-0.05, 0) is 42.5 Å². The molecule has 2 unspecified atom stereocenters. The van der Waals surface area contributed by atoms with Crippen LogP contribution in [0.3, 0.4) is 0 Å². The van der Waals surface area contributed by atoms with E-state index < -0.39 is 9.84 Å². The molecule has 1 aromatic carbocycles. The highest BCUT2D eigenvalue weighted by Crippen LogP contribution is 2.24. The second-order valence-electron chi connectivity index (χ2n) is 4.81. The van der Waals surface area contributed by atoms with E-state index >= 15 is 0 Å². The van der Waals surface area contributed by atoms with E-state index in [9.17, 15) is 12.8 Å². The summed E-state index contributed by atoms with van der Waals surface area (Å²) in [7, 11) is -2.91. The molecular formula is C12H15BrFNO2S. The number of nitrogens with two attached hydrogens (primary N) is 1. The maximum Gasteiger partial charge on any atom is 0.150 e. The summed E-state index contributed by atoms with van der Waals surface area (Å²) in [5, 5.41) is 0. The fraction of sp³-hybridized carbons (Fsp3) is 0.500. The molecule has 6 heteroatoms. The van der Waals surface area contributed by atoms with Crippen LogP contribution in [-0.4, -0.2) is 26.0 Å². The van der Waals surface area contributed by atoms with Crippen molar-refractivity contribution in [1.29, 1.82) is 0 Å². The summed E-state index contributed by atoms with van der Waals surface area (Å²) in [5.74, 6) is 0.0470. The quantitative estimate of drug-likeness (QED) is 0.917. The Balaban J connectivity index is 2.05. The molecule has 0 saturated carbocycles. The van der Waals surface area contributed by atoms with Gasteiger partial charge in [0.25, 0.3) is 0 Å². The number of benzene rings is 1. The topological polar surface area (TPSA) is 60.2 Å². The van der Waals surface area contributed by atoms with E-state index in [0.29, 0.717) is 17.3 Å². The lowest BCUT2D eigenvalue weighted by Gasteiger charge is -2.17. The van der Waals surface area contributed by atoms with Gasteiger partial charge in [-0.25, -0.2) is 12.8 Å². The van der Waals surface area contributed by atoms with Crippen LogP contribution < -0.4 is 5.73 Å². The molecule has 0 amide bonds. The number of halogens is 2.